The lowest BCUT2D eigenvalue weighted by atomic mass is 9.60. The van der Waals surface area contributed by atoms with Gasteiger partial charge in [0.25, 0.3) is 5.69 Å². The molecule has 2 aliphatic carbocycles. The van der Waals surface area contributed by atoms with Gasteiger partial charge in [-0.15, -0.1) is 0 Å². The number of imide groups is 1. The van der Waals surface area contributed by atoms with Gasteiger partial charge in [0.05, 0.1) is 33.3 Å². The van der Waals surface area contributed by atoms with Crippen LogP contribution in [0, 0.1) is 32.8 Å². The summed E-state index contributed by atoms with van der Waals surface area (Å²) in [6.07, 6.45) is 0.755. The van der Waals surface area contributed by atoms with Gasteiger partial charge in [-0.05, 0) is 47.2 Å². The number of hydrogen-bond acceptors (Lipinski definition) is 5. The molecular weight excluding hydrogens is 480 g/mol. The molecule has 38 heavy (non-hydrogen) atoms. The van der Waals surface area contributed by atoms with Crippen LogP contribution >= 0.6 is 0 Å². The Kier molecular flexibility index (Phi) is 5.24. The van der Waals surface area contributed by atoms with E-state index in [0.29, 0.717) is 12.8 Å². The molecule has 0 radical (unpaired) electrons. The molecule has 1 aliphatic heterocycles. The first kappa shape index (κ1) is 24.0. The zero-order valence-electron chi connectivity index (χ0n) is 21.1. The van der Waals surface area contributed by atoms with Gasteiger partial charge in [-0.25, -0.2) is 4.90 Å². The van der Waals surface area contributed by atoms with E-state index < -0.39 is 39.4 Å². The molecule has 2 bridgehead atoms. The third kappa shape index (κ3) is 2.76. The maximum Gasteiger partial charge on any atom is 0.269 e. The second-order valence-corrected chi connectivity index (χ2v) is 10.2. The fraction of sp³-hybridized carbons (Fsp3) is 0.258. The van der Waals surface area contributed by atoms with Gasteiger partial charge in [0, 0.05) is 12.1 Å². The molecule has 7 heteroatoms. The monoisotopic (exact) mass is 506 g/mol. The van der Waals surface area contributed by atoms with Crippen LogP contribution in [0.5, 0.6) is 0 Å². The summed E-state index contributed by atoms with van der Waals surface area (Å²) in [5.74, 6) is -2.57. The third-order valence-corrected chi connectivity index (χ3v) is 8.88. The fourth-order valence-electron chi connectivity index (χ4n) is 7.43. The minimum atomic E-state index is -1.16. The van der Waals surface area contributed by atoms with Crippen molar-refractivity contribution in [2.75, 3.05) is 4.90 Å². The molecule has 1 saturated carbocycles. The predicted octanol–water partition coefficient (Wildman–Crippen LogP) is 5.70. The van der Waals surface area contributed by atoms with Crippen molar-refractivity contribution in [3.8, 4) is 0 Å². The molecule has 3 aromatic rings. The Bertz CT molecular complexity index is 1440. The first-order valence-electron chi connectivity index (χ1n) is 12.9. The zero-order valence-corrected chi connectivity index (χ0v) is 21.1. The van der Waals surface area contributed by atoms with Crippen LogP contribution < -0.4 is 4.90 Å². The lowest BCUT2D eigenvalue weighted by molar-refractivity contribution is -0.384. The van der Waals surface area contributed by atoms with Gasteiger partial charge >= 0.3 is 0 Å². The zero-order chi connectivity index (χ0) is 26.8. The van der Waals surface area contributed by atoms with Gasteiger partial charge in [0.2, 0.25) is 11.8 Å². The van der Waals surface area contributed by atoms with Gasteiger partial charge < -0.3 is 0 Å². The molecule has 190 valence electrons. The minimum Gasteiger partial charge on any atom is -0.298 e. The van der Waals surface area contributed by atoms with Crippen molar-refractivity contribution in [2.45, 2.75) is 26.7 Å². The van der Waals surface area contributed by atoms with Crippen LogP contribution in [0.4, 0.5) is 11.4 Å². The molecular formula is C31H26N2O5. The Labute approximate surface area is 219 Å². The van der Waals surface area contributed by atoms with Crippen LogP contribution in [-0.4, -0.2) is 22.5 Å². The number of non-ortho nitro benzene ring substituents is 1. The fourth-order valence-corrected chi connectivity index (χ4v) is 7.43. The third-order valence-electron chi connectivity index (χ3n) is 8.88. The Morgan fingerprint density at radius 2 is 1.13 bits per heavy atom. The first-order chi connectivity index (χ1) is 18.3. The number of anilines is 1. The van der Waals surface area contributed by atoms with E-state index in [0.717, 1.165) is 27.2 Å². The summed E-state index contributed by atoms with van der Waals surface area (Å²) in [5, 5.41) is 11.2. The molecule has 2 fully saturated rings. The Morgan fingerprint density at radius 3 is 1.50 bits per heavy atom. The Morgan fingerprint density at radius 1 is 0.711 bits per heavy atom. The van der Waals surface area contributed by atoms with Gasteiger partial charge in [0.1, 0.15) is 0 Å². The van der Waals surface area contributed by atoms with Crippen LogP contribution in [0.1, 0.15) is 37.8 Å². The van der Waals surface area contributed by atoms with E-state index in [9.17, 15) is 24.5 Å². The molecule has 6 rings (SSSR count). The lowest BCUT2D eigenvalue weighted by Crippen LogP contribution is -2.41. The highest BCUT2D eigenvalue weighted by atomic mass is 16.6. The van der Waals surface area contributed by atoms with Crippen LogP contribution in [0.25, 0.3) is 11.1 Å². The van der Waals surface area contributed by atoms with Crippen molar-refractivity contribution in [1.29, 1.82) is 0 Å². The van der Waals surface area contributed by atoms with Gasteiger partial charge in [-0.1, -0.05) is 74.5 Å². The van der Waals surface area contributed by atoms with Crippen molar-refractivity contribution < 1.29 is 19.3 Å². The SMILES string of the molecule is CCC12C(=O)C(CC)(C(c3ccccc3)=C1c1ccccc1)C1C(=O)N(c3ccc([N+](=O)[O-])cc3)C(=O)C12. The molecule has 2 amide bonds. The van der Waals surface area contributed by atoms with E-state index in [-0.39, 0.29) is 17.2 Å². The average Bonchev–Trinajstić information content (AvgIpc) is 3.45. The number of ketones is 1. The summed E-state index contributed by atoms with van der Waals surface area (Å²) in [6.45, 7) is 3.84. The normalized spacial score (nSPS) is 27.8. The number of amides is 2. The molecule has 4 unspecified atom stereocenters. The van der Waals surface area contributed by atoms with E-state index in [2.05, 4.69) is 0 Å². The number of nitro benzene ring substituents is 1. The van der Waals surface area contributed by atoms with Gasteiger partial charge in [0.15, 0.2) is 5.78 Å². The van der Waals surface area contributed by atoms with Gasteiger partial charge in [-0.3, -0.25) is 24.5 Å². The molecule has 3 aliphatic rings. The number of allylic oxidation sites excluding steroid dienone is 2. The average molecular weight is 507 g/mol. The van der Waals surface area contributed by atoms with Crippen molar-refractivity contribution in [1.82, 2.24) is 0 Å². The molecule has 1 heterocycles. The van der Waals surface area contributed by atoms with E-state index in [1.165, 1.54) is 24.3 Å². The maximum absolute atomic E-state index is 14.7. The number of carbonyl (C=O) groups is 3. The molecule has 1 saturated heterocycles. The van der Waals surface area contributed by atoms with Crippen LogP contribution in [0.15, 0.2) is 84.9 Å². The quantitative estimate of drug-likeness (QED) is 0.243. The predicted molar refractivity (Wildman–Crippen MR) is 143 cm³/mol. The standard InChI is InChI=1S/C31H26N2O5/c1-3-30-23(19-11-7-5-8-12-19)24(20-13-9-6-10-14-20)31(4-2,29(30)36)26-25(30)27(34)32(28(26)35)21-15-17-22(18-16-21)33(37)38/h5-18,25-26H,3-4H2,1-2H3. The van der Waals surface area contributed by atoms with E-state index in [4.69, 9.17) is 0 Å². The molecule has 7 nitrogen and oxygen atoms in total. The number of rotatable bonds is 6. The first-order valence-corrected chi connectivity index (χ1v) is 12.9. The Hall–Kier alpha value is -4.39. The van der Waals surface area contributed by atoms with Crippen LogP contribution in [0.3, 0.4) is 0 Å². The topological polar surface area (TPSA) is 97.6 Å². The number of nitrogens with zero attached hydrogens (tertiary/aromatic N) is 2. The van der Waals surface area contributed by atoms with Gasteiger partial charge in [-0.2, -0.15) is 0 Å². The second-order valence-electron chi connectivity index (χ2n) is 10.2. The van der Waals surface area contributed by atoms with Crippen LogP contribution in [-0.2, 0) is 14.4 Å². The van der Waals surface area contributed by atoms with E-state index >= 15 is 0 Å². The molecule has 0 spiro atoms. The smallest absolute Gasteiger partial charge is 0.269 e. The number of Topliss-reactive ketones (excluding diaryl/α,β-unsaturated/α-hetero) is 1. The molecule has 4 atom stereocenters. The van der Waals surface area contributed by atoms with Crippen LogP contribution in [0.2, 0.25) is 0 Å². The van der Waals surface area contributed by atoms with Crippen molar-refractivity contribution in [2.24, 2.45) is 22.7 Å². The summed E-state index contributed by atoms with van der Waals surface area (Å²) in [5.41, 5.74) is 1.28. The molecule has 0 N–H and O–H groups in total. The summed E-state index contributed by atoms with van der Waals surface area (Å²) in [4.78, 5) is 54.8. The minimum absolute atomic E-state index is 0.0484. The van der Waals surface area contributed by atoms with E-state index in [1.54, 1.807) is 0 Å². The summed E-state index contributed by atoms with van der Waals surface area (Å²) in [7, 11) is 0. The van der Waals surface area contributed by atoms with Crippen molar-refractivity contribution in [3.63, 3.8) is 0 Å². The summed E-state index contributed by atoms with van der Waals surface area (Å²) >= 11 is 0. The van der Waals surface area contributed by atoms with Crippen molar-refractivity contribution in [3.05, 3.63) is 106 Å². The highest BCUT2D eigenvalue weighted by Crippen LogP contribution is 2.75. The van der Waals surface area contributed by atoms with E-state index in [1.807, 2.05) is 74.5 Å². The number of fused-ring (bicyclic) bond motifs is 5. The lowest BCUT2D eigenvalue weighted by Gasteiger charge is -2.38. The second kappa shape index (κ2) is 8.31. The number of benzene rings is 3. The Balaban J connectivity index is 1.62. The number of hydrogen-bond donors (Lipinski definition) is 0. The summed E-state index contributed by atoms with van der Waals surface area (Å²) < 4.78 is 0. The highest BCUT2D eigenvalue weighted by molar-refractivity contribution is 6.34. The number of nitro groups is 1. The maximum atomic E-state index is 14.7. The largest absolute Gasteiger partial charge is 0.298 e. The molecule has 3 aromatic carbocycles. The summed E-state index contributed by atoms with van der Waals surface area (Å²) in [6, 6.07) is 24.8. The molecule has 0 aromatic heterocycles. The highest BCUT2D eigenvalue weighted by Gasteiger charge is 2.80. The number of carbonyl (C=O) groups excluding carboxylic acids is 3. The van der Waals surface area contributed by atoms with Crippen molar-refractivity contribution >= 4 is 40.1 Å².